The number of carbonyl (C=O) groups excluding carboxylic acids is 1. The van der Waals surface area contributed by atoms with E-state index in [4.69, 9.17) is 32.7 Å². The summed E-state index contributed by atoms with van der Waals surface area (Å²) in [6, 6.07) is 5.02. The van der Waals surface area contributed by atoms with Crippen LogP contribution in [0.2, 0.25) is 10.0 Å². The van der Waals surface area contributed by atoms with Gasteiger partial charge in [0.25, 0.3) is 5.91 Å². The average molecular weight is 529 g/mol. The largest absolute Gasteiger partial charge is 0.495 e. The minimum atomic E-state index is -0.362. The number of benzene rings is 2. The third-order valence-corrected chi connectivity index (χ3v) is 6.65. The molecule has 0 aliphatic heterocycles. The Morgan fingerprint density at radius 1 is 0.972 bits per heavy atom. The molecular formula is C25H26Cl2N6O3. The summed E-state index contributed by atoms with van der Waals surface area (Å²) in [5.41, 5.74) is 2.24. The van der Waals surface area contributed by atoms with Crippen molar-refractivity contribution in [3.05, 3.63) is 58.6 Å². The van der Waals surface area contributed by atoms with Crippen LogP contribution in [-0.2, 0) is 6.67 Å². The molecular weight excluding hydrogens is 503 g/mol. The van der Waals surface area contributed by atoms with Gasteiger partial charge in [0.15, 0.2) is 0 Å². The number of carbonyl (C=O) groups is 1. The molecule has 0 atom stereocenters. The third kappa shape index (κ3) is 4.82. The second-order valence-electron chi connectivity index (χ2n) is 7.82. The first-order valence-corrected chi connectivity index (χ1v) is 12.1. The van der Waals surface area contributed by atoms with E-state index in [1.165, 1.54) is 20.4 Å². The molecule has 11 heteroatoms. The van der Waals surface area contributed by atoms with Gasteiger partial charge in [0.05, 0.1) is 42.0 Å². The van der Waals surface area contributed by atoms with Crippen molar-refractivity contribution in [2.24, 2.45) is 0 Å². The smallest absolute Gasteiger partial charge is 0.260 e. The Kier molecular flexibility index (Phi) is 7.93. The Labute approximate surface area is 219 Å². The SMILES string of the molecule is CCN(CC)Cn1ccnc1NC(=O)c1ccc(-c2c(Cl)c(OC)cc(OC)c2Cl)c2nccnc12. The minimum absolute atomic E-state index is 0.297. The fourth-order valence-electron chi connectivity index (χ4n) is 3.92. The molecule has 188 valence electrons. The van der Waals surface area contributed by atoms with Crippen molar-refractivity contribution in [3.63, 3.8) is 0 Å². The zero-order valence-corrected chi connectivity index (χ0v) is 21.9. The highest BCUT2D eigenvalue weighted by Gasteiger charge is 2.23. The first kappa shape index (κ1) is 25.7. The number of amides is 1. The molecule has 0 fully saturated rings. The van der Waals surface area contributed by atoms with Crippen molar-refractivity contribution in [2.75, 3.05) is 32.6 Å². The van der Waals surface area contributed by atoms with E-state index in [-0.39, 0.29) is 5.91 Å². The van der Waals surface area contributed by atoms with Crippen molar-refractivity contribution in [1.82, 2.24) is 24.4 Å². The molecule has 4 rings (SSSR count). The predicted molar refractivity (Wildman–Crippen MR) is 141 cm³/mol. The second-order valence-corrected chi connectivity index (χ2v) is 8.57. The molecule has 36 heavy (non-hydrogen) atoms. The number of hydrogen-bond donors (Lipinski definition) is 1. The Hall–Kier alpha value is -3.40. The summed E-state index contributed by atoms with van der Waals surface area (Å²) in [6.07, 6.45) is 6.55. The summed E-state index contributed by atoms with van der Waals surface area (Å²) >= 11 is 13.3. The quantitative estimate of drug-likeness (QED) is 0.312. The Morgan fingerprint density at radius 2 is 1.61 bits per heavy atom. The number of ether oxygens (including phenoxy) is 2. The summed E-state index contributed by atoms with van der Waals surface area (Å²) in [5.74, 6) is 0.870. The number of hydrogen-bond acceptors (Lipinski definition) is 7. The summed E-state index contributed by atoms with van der Waals surface area (Å²) in [4.78, 5) is 28.8. The second kappa shape index (κ2) is 11.1. The van der Waals surface area contributed by atoms with E-state index < -0.39 is 0 Å². The lowest BCUT2D eigenvalue weighted by Crippen LogP contribution is -2.27. The van der Waals surface area contributed by atoms with E-state index in [0.29, 0.717) is 61.9 Å². The Morgan fingerprint density at radius 3 is 2.22 bits per heavy atom. The van der Waals surface area contributed by atoms with Crippen LogP contribution in [0.25, 0.3) is 22.2 Å². The molecule has 0 unspecified atom stereocenters. The Bertz CT molecular complexity index is 1380. The number of imidazole rings is 1. The van der Waals surface area contributed by atoms with Crippen molar-refractivity contribution >= 4 is 46.1 Å². The summed E-state index contributed by atoms with van der Waals surface area (Å²) in [7, 11) is 3.02. The molecule has 0 spiro atoms. The number of nitrogens with one attached hydrogen (secondary N) is 1. The minimum Gasteiger partial charge on any atom is -0.495 e. The zero-order valence-electron chi connectivity index (χ0n) is 20.4. The van der Waals surface area contributed by atoms with Gasteiger partial charge in [-0.2, -0.15) is 0 Å². The van der Waals surface area contributed by atoms with Crippen molar-refractivity contribution < 1.29 is 14.3 Å². The first-order valence-electron chi connectivity index (χ1n) is 11.3. The van der Waals surface area contributed by atoms with Gasteiger partial charge in [-0.3, -0.25) is 25.0 Å². The molecule has 0 saturated heterocycles. The number of nitrogens with zero attached hydrogens (tertiary/aromatic N) is 5. The molecule has 0 radical (unpaired) electrons. The predicted octanol–water partition coefficient (Wildman–Crippen LogP) is 5.37. The van der Waals surface area contributed by atoms with Gasteiger partial charge in [-0.25, -0.2) is 4.98 Å². The van der Waals surface area contributed by atoms with E-state index in [9.17, 15) is 4.79 Å². The fraction of sp³-hybridized carbons (Fsp3) is 0.280. The van der Waals surface area contributed by atoms with Crippen molar-refractivity contribution in [3.8, 4) is 22.6 Å². The highest BCUT2D eigenvalue weighted by atomic mass is 35.5. The number of anilines is 1. The van der Waals surface area contributed by atoms with Crippen molar-refractivity contribution in [2.45, 2.75) is 20.5 Å². The summed E-state index contributed by atoms with van der Waals surface area (Å²) in [6.45, 7) is 6.54. The van der Waals surface area contributed by atoms with Crippen LogP contribution in [0.3, 0.4) is 0 Å². The van der Waals surface area contributed by atoms with E-state index >= 15 is 0 Å². The standard InChI is InChI=1S/C25H26Cl2N6O3/c1-5-32(6-2)14-33-12-11-30-25(33)31-24(34)16-8-7-15(22-23(16)29-10-9-28-22)19-20(26)17(35-3)13-18(36-4)21(19)27/h7-13H,5-6,14H2,1-4H3,(H,30,31,34). The lowest BCUT2D eigenvalue weighted by Gasteiger charge is -2.20. The molecule has 0 saturated carbocycles. The number of rotatable bonds is 9. The molecule has 1 amide bonds. The van der Waals surface area contributed by atoms with Crippen LogP contribution in [0.5, 0.6) is 11.5 Å². The van der Waals surface area contributed by atoms with Gasteiger partial charge in [-0.05, 0) is 19.2 Å². The molecule has 9 nitrogen and oxygen atoms in total. The lowest BCUT2D eigenvalue weighted by atomic mass is 9.99. The van der Waals surface area contributed by atoms with Gasteiger partial charge in [-0.15, -0.1) is 0 Å². The molecule has 0 aliphatic carbocycles. The maximum Gasteiger partial charge on any atom is 0.260 e. The normalized spacial score (nSPS) is 11.2. The number of methoxy groups -OCH3 is 2. The lowest BCUT2D eigenvalue weighted by molar-refractivity contribution is 0.102. The van der Waals surface area contributed by atoms with Crippen LogP contribution in [-0.4, -0.2) is 57.6 Å². The first-order chi connectivity index (χ1) is 17.4. The van der Waals surface area contributed by atoms with Gasteiger partial charge in [0, 0.05) is 42.0 Å². The highest BCUT2D eigenvalue weighted by molar-refractivity contribution is 6.41. The fourth-order valence-corrected chi connectivity index (χ4v) is 4.62. The molecule has 2 aromatic carbocycles. The topological polar surface area (TPSA) is 94.4 Å². The van der Waals surface area contributed by atoms with E-state index in [1.807, 2.05) is 10.8 Å². The summed E-state index contributed by atoms with van der Waals surface area (Å²) in [5, 5.41) is 3.49. The van der Waals surface area contributed by atoms with E-state index in [2.05, 4.69) is 39.0 Å². The maximum atomic E-state index is 13.3. The van der Waals surface area contributed by atoms with Crippen LogP contribution in [0.1, 0.15) is 24.2 Å². The Balaban J connectivity index is 1.78. The van der Waals surface area contributed by atoms with E-state index in [1.54, 1.807) is 30.6 Å². The number of aromatic nitrogens is 4. The van der Waals surface area contributed by atoms with E-state index in [0.717, 1.165) is 13.1 Å². The molecule has 0 bridgehead atoms. The van der Waals surface area contributed by atoms with Gasteiger partial charge in [0.2, 0.25) is 5.95 Å². The molecule has 4 aromatic rings. The van der Waals surface area contributed by atoms with Crippen LogP contribution >= 0.6 is 23.2 Å². The third-order valence-electron chi connectivity index (χ3n) is 5.90. The summed E-state index contributed by atoms with van der Waals surface area (Å²) < 4.78 is 12.7. The molecule has 2 aromatic heterocycles. The molecule has 0 aliphatic rings. The van der Waals surface area contributed by atoms with Crippen LogP contribution < -0.4 is 14.8 Å². The van der Waals surface area contributed by atoms with Gasteiger partial charge >= 0.3 is 0 Å². The van der Waals surface area contributed by atoms with Gasteiger partial charge in [0.1, 0.15) is 17.0 Å². The van der Waals surface area contributed by atoms with Crippen molar-refractivity contribution in [1.29, 1.82) is 0 Å². The monoisotopic (exact) mass is 528 g/mol. The molecule has 1 N–H and O–H groups in total. The molecule has 2 heterocycles. The van der Waals surface area contributed by atoms with Crippen LogP contribution in [0, 0.1) is 0 Å². The highest BCUT2D eigenvalue weighted by Crippen LogP contribution is 2.47. The van der Waals surface area contributed by atoms with Crippen LogP contribution in [0.15, 0.2) is 43.0 Å². The average Bonchev–Trinajstić information content (AvgIpc) is 3.33. The zero-order chi connectivity index (χ0) is 25.8. The number of fused-ring (bicyclic) bond motifs is 1. The van der Waals surface area contributed by atoms with Gasteiger partial charge in [-0.1, -0.05) is 43.1 Å². The number of halogens is 2. The maximum absolute atomic E-state index is 13.3. The van der Waals surface area contributed by atoms with Crippen LogP contribution in [0.4, 0.5) is 5.95 Å². The van der Waals surface area contributed by atoms with Gasteiger partial charge < -0.3 is 14.0 Å².